The number of hydrogen-bond acceptors (Lipinski definition) is 4. The van der Waals surface area contributed by atoms with Crippen LogP contribution in [0.25, 0.3) is 0 Å². The van der Waals surface area contributed by atoms with Crippen LogP contribution in [0.3, 0.4) is 0 Å². The van der Waals surface area contributed by atoms with E-state index < -0.39 is 6.10 Å². The number of carbonyl (C=O) groups is 2. The first kappa shape index (κ1) is 19.2. The molecular weight excluding hydrogens is 320 g/mol. The average Bonchev–Trinajstić information content (AvgIpc) is 2.60. The number of hydrogen-bond donors (Lipinski definition) is 3. The summed E-state index contributed by atoms with van der Waals surface area (Å²) in [6, 6.07) is 6.89. The molecule has 0 bridgehead atoms. The largest absolute Gasteiger partial charge is 0.484 e. The lowest BCUT2D eigenvalue weighted by Gasteiger charge is -2.29. The Morgan fingerprint density at radius 2 is 2.08 bits per heavy atom. The van der Waals surface area contributed by atoms with Gasteiger partial charge in [0.25, 0.3) is 11.8 Å². The molecule has 3 N–H and O–H groups in total. The molecule has 0 unspecified atom stereocenters. The maximum absolute atomic E-state index is 12.1. The summed E-state index contributed by atoms with van der Waals surface area (Å²) >= 11 is 0. The Hall–Kier alpha value is -2.08. The Kier molecular flexibility index (Phi) is 7.25. The van der Waals surface area contributed by atoms with Crippen molar-refractivity contribution < 1.29 is 19.4 Å². The predicted molar refractivity (Wildman–Crippen MR) is 95.5 cm³/mol. The van der Waals surface area contributed by atoms with Gasteiger partial charge in [-0.3, -0.25) is 9.59 Å². The van der Waals surface area contributed by atoms with E-state index in [0.29, 0.717) is 17.2 Å². The van der Waals surface area contributed by atoms with E-state index in [9.17, 15) is 14.7 Å². The maximum Gasteiger partial charge on any atom is 0.258 e. The molecule has 0 aliphatic heterocycles. The second-order valence-electron chi connectivity index (χ2n) is 6.81. The van der Waals surface area contributed by atoms with Crippen LogP contribution in [0.2, 0.25) is 0 Å². The van der Waals surface area contributed by atoms with Gasteiger partial charge in [0.15, 0.2) is 6.61 Å². The topological polar surface area (TPSA) is 87.7 Å². The lowest BCUT2D eigenvalue weighted by atomic mass is 9.86. The van der Waals surface area contributed by atoms with Gasteiger partial charge in [-0.1, -0.05) is 25.8 Å². The van der Waals surface area contributed by atoms with Gasteiger partial charge in [0, 0.05) is 18.2 Å². The molecule has 1 aliphatic carbocycles. The number of carbonyl (C=O) groups excluding carboxylic acids is 2. The molecule has 0 aromatic heterocycles. The molecule has 2 rings (SSSR count). The van der Waals surface area contributed by atoms with Crippen molar-refractivity contribution >= 4 is 11.8 Å². The van der Waals surface area contributed by atoms with Crippen LogP contribution in [0, 0.1) is 5.92 Å². The summed E-state index contributed by atoms with van der Waals surface area (Å²) in [5.74, 6) is 0.546. The van der Waals surface area contributed by atoms with Crippen molar-refractivity contribution in [2.24, 2.45) is 5.92 Å². The summed E-state index contributed by atoms with van der Waals surface area (Å²) in [5, 5.41) is 14.9. The van der Waals surface area contributed by atoms with E-state index >= 15 is 0 Å². The number of amides is 2. The molecule has 3 atom stereocenters. The zero-order valence-corrected chi connectivity index (χ0v) is 15.0. The smallest absolute Gasteiger partial charge is 0.258 e. The molecule has 138 valence electrons. The Bertz CT molecular complexity index is 589. The van der Waals surface area contributed by atoms with Crippen molar-refractivity contribution in [3.63, 3.8) is 0 Å². The zero-order valence-electron chi connectivity index (χ0n) is 15.0. The average molecular weight is 348 g/mol. The highest BCUT2D eigenvalue weighted by atomic mass is 16.5. The molecule has 1 aromatic rings. The van der Waals surface area contributed by atoms with Gasteiger partial charge in [-0.25, -0.2) is 0 Å². The quantitative estimate of drug-likeness (QED) is 0.702. The molecule has 1 aliphatic rings. The minimum atomic E-state index is -0.603. The molecule has 1 fully saturated rings. The van der Waals surface area contributed by atoms with Gasteiger partial charge in [0.2, 0.25) is 0 Å². The van der Waals surface area contributed by atoms with Gasteiger partial charge in [-0.2, -0.15) is 0 Å². The van der Waals surface area contributed by atoms with Crippen LogP contribution in [0.15, 0.2) is 24.3 Å². The van der Waals surface area contributed by atoms with E-state index in [-0.39, 0.29) is 31.0 Å². The van der Waals surface area contributed by atoms with Crippen LogP contribution in [0.5, 0.6) is 5.75 Å². The van der Waals surface area contributed by atoms with Crippen molar-refractivity contribution in [2.75, 3.05) is 13.2 Å². The third-order valence-corrected chi connectivity index (χ3v) is 4.48. The highest BCUT2D eigenvalue weighted by molar-refractivity contribution is 5.94. The molecule has 25 heavy (non-hydrogen) atoms. The minimum Gasteiger partial charge on any atom is -0.484 e. The number of benzene rings is 1. The normalized spacial score (nSPS) is 21.2. The number of aliphatic hydroxyl groups is 1. The molecular formula is C19H28N2O4. The molecule has 2 amide bonds. The predicted octanol–water partition coefficient (Wildman–Crippen LogP) is 1.87. The first-order chi connectivity index (χ1) is 12.0. The summed E-state index contributed by atoms with van der Waals surface area (Å²) in [6.45, 7) is 3.89. The maximum atomic E-state index is 12.1. The van der Waals surface area contributed by atoms with E-state index in [0.717, 1.165) is 19.3 Å². The van der Waals surface area contributed by atoms with Crippen molar-refractivity contribution in [3.8, 4) is 5.75 Å². The lowest BCUT2D eigenvalue weighted by molar-refractivity contribution is -0.124. The van der Waals surface area contributed by atoms with Gasteiger partial charge in [-0.15, -0.1) is 0 Å². The highest BCUT2D eigenvalue weighted by Gasteiger charge is 2.22. The Morgan fingerprint density at radius 1 is 1.32 bits per heavy atom. The zero-order chi connectivity index (χ0) is 18.2. The van der Waals surface area contributed by atoms with Gasteiger partial charge < -0.3 is 20.5 Å². The molecule has 0 saturated heterocycles. The van der Waals surface area contributed by atoms with E-state index in [4.69, 9.17) is 4.74 Å². The van der Waals surface area contributed by atoms with Gasteiger partial charge in [0.05, 0.1) is 6.10 Å². The number of rotatable bonds is 7. The molecule has 0 heterocycles. The second-order valence-corrected chi connectivity index (χ2v) is 6.81. The number of ether oxygens (including phenoxy) is 1. The van der Waals surface area contributed by atoms with Gasteiger partial charge >= 0.3 is 0 Å². The van der Waals surface area contributed by atoms with Crippen molar-refractivity contribution in [3.05, 3.63) is 29.8 Å². The molecule has 1 aromatic carbocycles. The summed E-state index contributed by atoms with van der Waals surface area (Å²) < 4.78 is 5.52. The van der Waals surface area contributed by atoms with Crippen molar-refractivity contribution in [1.82, 2.24) is 10.6 Å². The van der Waals surface area contributed by atoms with Crippen LogP contribution < -0.4 is 15.4 Å². The van der Waals surface area contributed by atoms with E-state index in [2.05, 4.69) is 17.6 Å². The van der Waals surface area contributed by atoms with E-state index in [1.807, 2.05) is 0 Å². The lowest BCUT2D eigenvalue weighted by Crippen LogP contribution is -2.43. The molecule has 1 saturated carbocycles. The fourth-order valence-electron chi connectivity index (χ4n) is 3.00. The van der Waals surface area contributed by atoms with Crippen molar-refractivity contribution in [2.45, 2.75) is 51.7 Å². The van der Waals surface area contributed by atoms with Crippen LogP contribution in [-0.2, 0) is 4.79 Å². The Morgan fingerprint density at radius 3 is 2.80 bits per heavy atom. The molecule has 0 spiro atoms. The first-order valence-electron chi connectivity index (χ1n) is 8.94. The first-order valence-corrected chi connectivity index (χ1v) is 8.94. The third kappa shape index (κ3) is 6.38. The van der Waals surface area contributed by atoms with Gasteiger partial charge in [0.1, 0.15) is 5.75 Å². The summed E-state index contributed by atoms with van der Waals surface area (Å²) in [4.78, 5) is 24.1. The fourth-order valence-corrected chi connectivity index (χ4v) is 3.00. The van der Waals surface area contributed by atoms with E-state index in [1.165, 1.54) is 6.42 Å². The highest BCUT2D eigenvalue weighted by Crippen LogP contribution is 2.23. The monoisotopic (exact) mass is 348 g/mol. The third-order valence-electron chi connectivity index (χ3n) is 4.48. The summed E-state index contributed by atoms with van der Waals surface area (Å²) in [5.41, 5.74) is 0.430. The van der Waals surface area contributed by atoms with Crippen LogP contribution in [0.1, 0.15) is 49.9 Å². The minimum absolute atomic E-state index is 0.0675. The summed E-state index contributed by atoms with van der Waals surface area (Å²) in [7, 11) is 0. The fraction of sp³-hybridized carbons (Fsp3) is 0.579. The van der Waals surface area contributed by atoms with Crippen LogP contribution in [-0.4, -0.2) is 42.2 Å². The van der Waals surface area contributed by atoms with Crippen molar-refractivity contribution in [1.29, 1.82) is 0 Å². The Labute approximate surface area is 149 Å². The molecule has 6 heteroatoms. The van der Waals surface area contributed by atoms with Crippen LogP contribution in [0.4, 0.5) is 0 Å². The SMILES string of the molecule is C[C@H](O)CNC(=O)c1cccc(OCC(=O)N[C@H]2CCCC[C@@H]2C)c1. The number of nitrogens with one attached hydrogen (secondary N) is 2. The number of aliphatic hydroxyl groups excluding tert-OH is 1. The van der Waals surface area contributed by atoms with Gasteiger partial charge in [-0.05, 0) is 43.9 Å². The Balaban J connectivity index is 1.83. The standard InChI is InChI=1S/C19H28N2O4/c1-13-6-3-4-9-17(13)21-18(23)12-25-16-8-5-7-15(10-16)19(24)20-11-14(2)22/h5,7-8,10,13-14,17,22H,3-4,6,9,11-12H2,1-2H3,(H,20,24)(H,21,23)/t13-,14-,17-/m0/s1. The second kappa shape index (κ2) is 9.42. The summed E-state index contributed by atoms with van der Waals surface area (Å²) in [6.07, 6.45) is 3.95. The molecule has 6 nitrogen and oxygen atoms in total. The van der Waals surface area contributed by atoms with E-state index in [1.54, 1.807) is 31.2 Å². The molecule has 0 radical (unpaired) electrons. The van der Waals surface area contributed by atoms with Crippen LogP contribution >= 0.6 is 0 Å².